The number of rotatable bonds is 4. The van der Waals surface area contributed by atoms with Crippen LogP contribution in [0.5, 0.6) is 5.75 Å². The monoisotopic (exact) mass is 235 g/mol. The van der Waals surface area contributed by atoms with Gasteiger partial charge in [0.2, 0.25) is 0 Å². The fourth-order valence-electron chi connectivity index (χ4n) is 1.08. The second-order valence-electron chi connectivity index (χ2n) is 3.26. The molecule has 0 aliphatic heterocycles. The van der Waals surface area contributed by atoms with Crippen LogP contribution in [0.2, 0.25) is 0 Å². The van der Waals surface area contributed by atoms with Crippen molar-refractivity contribution in [3.05, 3.63) is 29.8 Å². The maximum Gasteiger partial charge on any atom is 0.422 e. The SMILES string of the molecule is NC(CO)c1ccc(OCC(F)(F)F)cc1. The first-order valence-electron chi connectivity index (χ1n) is 4.58. The van der Waals surface area contributed by atoms with E-state index in [4.69, 9.17) is 10.8 Å². The fraction of sp³-hybridized carbons (Fsp3) is 0.400. The predicted octanol–water partition coefficient (Wildman–Crippen LogP) is 1.62. The number of ether oxygens (including phenoxy) is 1. The molecule has 0 saturated carbocycles. The lowest BCUT2D eigenvalue weighted by Gasteiger charge is -2.11. The molecule has 1 aromatic rings. The van der Waals surface area contributed by atoms with Gasteiger partial charge in [-0.15, -0.1) is 0 Å². The molecule has 0 amide bonds. The molecule has 6 heteroatoms. The molecule has 0 aliphatic rings. The molecule has 1 atom stereocenters. The number of halogens is 3. The molecule has 3 N–H and O–H groups in total. The van der Waals surface area contributed by atoms with Crippen molar-refractivity contribution in [3.8, 4) is 5.75 Å². The highest BCUT2D eigenvalue weighted by atomic mass is 19.4. The summed E-state index contributed by atoms with van der Waals surface area (Å²) in [6, 6.07) is 5.28. The Balaban J connectivity index is 2.58. The zero-order valence-electron chi connectivity index (χ0n) is 8.37. The van der Waals surface area contributed by atoms with Crippen LogP contribution in [0, 0.1) is 0 Å². The minimum absolute atomic E-state index is 0.117. The van der Waals surface area contributed by atoms with Gasteiger partial charge in [0.1, 0.15) is 5.75 Å². The standard InChI is InChI=1S/C10H12F3NO2/c11-10(12,13)6-16-8-3-1-7(2-4-8)9(14)5-15/h1-4,9,15H,5-6,14H2. The first-order valence-corrected chi connectivity index (χ1v) is 4.58. The van der Waals surface area contributed by atoms with Gasteiger partial charge in [0.15, 0.2) is 6.61 Å². The lowest BCUT2D eigenvalue weighted by molar-refractivity contribution is -0.153. The Morgan fingerprint density at radius 2 is 1.81 bits per heavy atom. The number of alkyl halides is 3. The van der Waals surface area contributed by atoms with Crippen molar-refractivity contribution < 1.29 is 23.0 Å². The minimum Gasteiger partial charge on any atom is -0.484 e. The first-order chi connectivity index (χ1) is 7.42. The third kappa shape index (κ3) is 4.08. The van der Waals surface area contributed by atoms with Crippen molar-refractivity contribution >= 4 is 0 Å². The summed E-state index contributed by atoms with van der Waals surface area (Å²) in [5.41, 5.74) is 6.16. The van der Waals surface area contributed by atoms with Gasteiger partial charge in [0.05, 0.1) is 12.6 Å². The summed E-state index contributed by atoms with van der Waals surface area (Å²) in [6.45, 7) is -1.54. The summed E-state index contributed by atoms with van der Waals surface area (Å²) in [7, 11) is 0. The number of hydrogen-bond acceptors (Lipinski definition) is 3. The number of benzene rings is 1. The first kappa shape index (κ1) is 12.8. The summed E-state index contributed by atoms with van der Waals surface area (Å²) >= 11 is 0. The zero-order valence-corrected chi connectivity index (χ0v) is 8.37. The van der Waals surface area contributed by atoms with Crippen LogP contribution in [0.15, 0.2) is 24.3 Å². The van der Waals surface area contributed by atoms with E-state index in [-0.39, 0.29) is 12.4 Å². The average Bonchev–Trinajstić information content (AvgIpc) is 2.25. The lowest BCUT2D eigenvalue weighted by atomic mass is 10.1. The summed E-state index contributed by atoms with van der Waals surface area (Å²) in [5.74, 6) is 0.117. The third-order valence-electron chi connectivity index (χ3n) is 1.91. The minimum atomic E-state index is -4.35. The van der Waals surface area contributed by atoms with Crippen LogP contribution >= 0.6 is 0 Å². The molecule has 1 aromatic carbocycles. The third-order valence-corrected chi connectivity index (χ3v) is 1.91. The molecule has 0 fully saturated rings. The number of aliphatic hydroxyl groups excluding tert-OH is 1. The molecule has 90 valence electrons. The van der Waals surface area contributed by atoms with Crippen LogP contribution in [-0.4, -0.2) is 24.5 Å². The highest BCUT2D eigenvalue weighted by Gasteiger charge is 2.28. The van der Waals surface area contributed by atoms with Crippen LogP contribution in [0.4, 0.5) is 13.2 Å². The molecule has 1 unspecified atom stereocenters. The van der Waals surface area contributed by atoms with Crippen LogP contribution in [0.25, 0.3) is 0 Å². The van der Waals surface area contributed by atoms with E-state index < -0.39 is 18.8 Å². The second kappa shape index (κ2) is 5.18. The molecule has 0 aromatic heterocycles. The number of hydrogen-bond donors (Lipinski definition) is 2. The number of aliphatic hydroxyl groups is 1. The van der Waals surface area contributed by atoms with E-state index in [1.165, 1.54) is 24.3 Å². The van der Waals surface area contributed by atoms with Gasteiger partial charge in [-0.3, -0.25) is 0 Å². The van der Waals surface area contributed by atoms with E-state index >= 15 is 0 Å². The summed E-state index contributed by atoms with van der Waals surface area (Å²) in [6.07, 6.45) is -4.35. The quantitative estimate of drug-likeness (QED) is 0.833. The molecule has 0 aliphatic carbocycles. The maximum absolute atomic E-state index is 11.8. The van der Waals surface area contributed by atoms with E-state index in [0.717, 1.165) is 0 Å². The van der Waals surface area contributed by atoms with Crippen LogP contribution in [0.1, 0.15) is 11.6 Å². The fourth-order valence-corrected chi connectivity index (χ4v) is 1.08. The van der Waals surface area contributed by atoms with Crippen molar-refractivity contribution in [2.24, 2.45) is 5.73 Å². The van der Waals surface area contributed by atoms with Crippen LogP contribution in [-0.2, 0) is 0 Å². The molecule has 0 saturated heterocycles. The van der Waals surface area contributed by atoms with Crippen molar-refractivity contribution in [1.82, 2.24) is 0 Å². The molecule has 3 nitrogen and oxygen atoms in total. The molecular formula is C10H12F3NO2. The van der Waals surface area contributed by atoms with Crippen molar-refractivity contribution in [1.29, 1.82) is 0 Å². The molecule has 0 heterocycles. The van der Waals surface area contributed by atoms with Crippen LogP contribution < -0.4 is 10.5 Å². The van der Waals surface area contributed by atoms with E-state index in [9.17, 15) is 13.2 Å². The maximum atomic E-state index is 11.8. The van der Waals surface area contributed by atoms with E-state index in [1.54, 1.807) is 0 Å². The van der Waals surface area contributed by atoms with Gasteiger partial charge < -0.3 is 15.6 Å². The molecular weight excluding hydrogens is 223 g/mol. The zero-order chi connectivity index (χ0) is 12.2. The highest BCUT2D eigenvalue weighted by Crippen LogP contribution is 2.20. The molecule has 1 rings (SSSR count). The van der Waals surface area contributed by atoms with Gasteiger partial charge in [0.25, 0.3) is 0 Å². The summed E-state index contributed by atoms with van der Waals surface area (Å²) in [4.78, 5) is 0. The van der Waals surface area contributed by atoms with Crippen molar-refractivity contribution in [2.45, 2.75) is 12.2 Å². The second-order valence-corrected chi connectivity index (χ2v) is 3.26. The van der Waals surface area contributed by atoms with Gasteiger partial charge in [-0.1, -0.05) is 12.1 Å². The number of nitrogens with two attached hydrogens (primary N) is 1. The Morgan fingerprint density at radius 3 is 2.25 bits per heavy atom. The van der Waals surface area contributed by atoms with Crippen LogP contribution in [0.3, 0.4) is 0 Å². The summed E-state index contributed by atoms with van der Waals surface area (Å²) in [5, 5.41) is 8.76. The Labute approximate surface area is 90.6 Å². The molecule has 0 spiro atoms. The smallest absolute Gasteiger partial charge is 0.422 e. The average molecular weight is 235 g/mol. The Kier molecular flexibility index (Phi) is 4.14. The van der Waals surface area contributed by atoms with Crippen molar-refractivity contribution in [3.63, 3.8) is 0 Å². The largest absolute Gasteiger partial charge is 0.484 e. The molecule has 16 heavy (non-hydrogen) atoms. The lowest BCUT2D eigenvalue weighted by Crippen LogP contribution is -2.19. The van der Waals surface area contributed by atoms with Gasteiger partial charge in [-0.05, 0) is 17.7 Å². The normalized spacial score (nSPS) is 13.6. The predicted molar refractivity (Wildman–Crippen MR) is 52.0 cm³/mol. The Bertz CT molecular complexity index is 324. The molecule has 0 radical (unpaired) electrons. The van der Waals surface area contributed by atoms with Gasteiger partial charge in [0, 0.05) is 0 Å². The van der Waals surface area contributed by atoms with E-state index in [0.29, 0.717) is 5.56 Å². The topological polar surface area (TPSA) is 55.5 Å². The Hall–Kier alpha value is -1.27. The van der Waals surface area contributed by atoms with Gasteiger partial charge in [-0.25, -0.2) is 0 Å². The molecule has 0 bridgehead atoms. The van der Waals surface area contributed by atoms with Gasteiger partial charge in [-0.2, -0.15) is 13.2 Å². The van der Waals surface area contributed by atoms with E-state index in [2.05, 4.69) is 4.74 Å². The van der Waals surface area contributed by atoms with Crippen molar-refractivity contribution in [2.75, 3.05) is 13.2 Å². The summed E-state index contributed by atoms with van der Waals surface area (Å²) < 4.78 is 40.0. The Morgan fingerprint density at radius 1 is 1.25 bits per heavy atom. The van der Waals surface area contributed by atoms with Gasteiger partial charge >= 0.3 is 6.18 Å². The van der Waals surface area contributed by atoms with E-state index in [1.807, 2.05) is 0 Å². The highest BCUT2D eigenvalue weighted by molar-refractivity contribution is 5.29.